The molecule has 1 aromatic rings. The van der Waals surface area contributed by atoms with Gasteiger partial charge in [0, 0.05) is 12.2 Å². The summed E-state index contributed by atoms with van der Waals surface area (Å²) in [6.45, 7) is 0. The van der Waals surface area contributed by atoms with Gasteiger partial charge in [0.05, 0.1) is 5.69 Å². The van der Waals surface area contributed by atoms with Crippen LogP contribution in [0.25, 0.3) is 0 Å². The summed E-state index contributed by atoms with van der Waals surface area (Å²) >= 11 is 0. The fourth-order valence-corrected chi connectivity index (χ4v) is 2.06. The van der Waals surface area contributed by atoms with Crippen LogP contribution in [0.4, 0.5) is 0 Å². The number of hydrogen-bond acceptors (Lipinski definition) is 3. The number of aromatic nitrogens is 2. The number of hydrogen-bond donors (Lipinski definition) is 1. The van der Waals surface area contributed by atoms with Crippen LogP contribution < -0.4 is 5.73 Å². The largest absolute Gasteiger partial charge is 0.322 e. The zero-order valence-corrected chi connectivity index (χ0v) is 7.69. The van der Waals surface area contributed by atoms with Crippen LogP contribution in [0.2, 0.25) is 0 Å². The Kier molecular flexibility index (Phi) is 2.54. The summed E-state index contributed by atoms with van der Waals surface area (Å²) in [5, 5.41) is 0. The van der Waals surface area contributed by atoms with E-state index < -0.39 is 0 Å². The van der Waals surface area contributed by atoms with E-state index in [0.717, 1.165) is 5.69 Å². The molecule has 0 aromatic carbocycles. The third-order valence-corrected chi connectivity index (χ3v) is 2.85. The molecule has 2 rings (SSSR count). The van der Waals surface area contributed by atoms with Gasteiger partial charge < -0.3 is 5.73 Å². The third-order valence-electron chi connectivity index (χ3n) is 2.85. The van der Waals surface area contributed by atoms with E-state index in [-0.39, 0.29) is 6.04 Å². The van der Waals surface area contributed by atoms with Gasteiger partial charge in [-0.05, 0) is 24.8 Å². The molecule has 0 radical (unpaired) electrons. The standard InChI is InChI=1S/C10H15N3/c11-10(8-3-1-2-4-8)9-5-6-12-7-13-9/h5-8,10H,1-4,11H2. The molecule has 1 fully saturated rings. The second kappa shape index (κ2) is 3.83. The van der Waals surface area contributed by atoms with E-state index in [1.807, 2.05) is 6.07 Å². The monoisotopic (exact) mass is 177 g/mol. The molecule has 1 atom stereocenters. The predicted molar refractivity (Wildman–Crippen MR) is 50.9 cm³/mol. The van der Waals surface area contributed by atoms with E-state index in [4.69, 9.17) is 5.73 Å². The Morgan fingerprint density at radius 2 is 2.15 bits per heavy atom. The molecular formula is C10H15N3. The fourth-order valence-electron chi connectivity index (χ4n) is 2.06. The molecule has 0 spiro atoms. The molecule has 1 unspecified atom stereocenters. The minimum Gasteiger partial charge on any atom is -0.322 e. The van der Waals surface area contributed by atoms with Crippen molar-refractivity contribution in [1.82, 2.24) is 9.97 Å². The summed E-state index contributed by atoms with van der Waals surface area (Å²) < 4.78 is 0. The maximum absolute atomic E-state index is 6.11. The van der Waals surface area contributed by atoms with E-state index in [1.165, 1.54) is 25.7 Å². The number of nitrogens with zero attached hydrogens (tertiary/aromatic N) is 2. The fraction of sp³-hybridized carbons (Fsp3) is 0.600. The Morgan fingerprint density at radius 3 is 2.77 bits per heavy atom. The van der Waals surface area contributed by atoms with E-state index in [1.54, 1.807) is 12.5 Å². The third kappa shape index (κ3) is 1.86. The first-order chi connectivity index (χ1) is 6.38. The minimum absolute atomic E-state index is 0.116. The summed E-state index contributed by atoms with van der Waals surface area (Å²) in [5.74, 6) is 0.634. The van der Waals surface area contributed by atoms with Crippen LogP contribution in [0.5, 0.6) is 0 Å². The Hall–Kier alpha value is -0.960. The van der Waals surface area contributed by atoms with E-state index >= 15 is 0 Å². The quantitative estimate of drug-likeness (QED) is 0.747. The molecular weight excluding hydrogens is 162 g/mol. The molecule has 13 heavy (non-hydrogen) atoms. The first-order valence-corrected chi connectivity index (χ1v) is 4.89. The zero-order valence-electron chi connectivity index (χ0n) is 7.69. The van der Waals surface area contributed by atoms with Crippen LogP contribution in [-0.2, 0) is 0 Å². The zero-order chi connectivity index (χ0) is 9.10. The van der Waals surface area contributed by atoms with E-state index in [2.05, 4.69) is 9.97 Å². The minimum atomic E-state index is 0.116. The SMILES string of the molecule is NC(c1ccncn1)C1CCCC1. The topological polar surface area (TPSA) is 51.8 Å². The molecule has 3 nitrogen and oxygen atoms in total. The van der Waals surface area contributed by atoms with Crippen LogP contribution >= 0.6 is 0 Å². The van der Waals surface area contributed by atoms with Crippen molar-refractivity contribution < 1.29 is 0 Å². The second-order valence-electron chi connectivity index (χ2n) is 3.70. The second-order valence-corrected chi connectivity index (χ2v) is 3.70. The highest BCUT2D eigenvalue weighted by Gasteiger charge is 2.23. The summed E-state index contributed by atoms with van der Waals surface area (Å²) in [5.41, 5.74) is 7.10. The van der Waals surface area contributed by atoms with Gasteiger partial charge in [0.15, 0.2) is 0 Å². The molecule has 0 bridgehead atoms. The lowest BCUT2D eigenvalue weighted by molar-refractivity contribution is 0.436. The van der Waals surface area contributed by atoms with E-state index in [0.29, 0.717) is 5.92 Å². The Morgan fingerprint density at radius 1 is 1.38 bits per heavy atom. The maximum atomic E-state index is 6.11. The molecule has 3 heteroatoms. The normalized spacial score (nSPS) is 20.4. The van der Waals surface area contributed by atoms with Crippen molar-refractivity contribution in [3.8, 4) is 0 Å². The van der Waals surface area contributed by atoms with Gasteiger partial charge in [-0.15, -0.1) is 0 Å². The highest BCUT2D eigenvalue weighted by Crippen LogP contribution is 2.33. The molecule has 1 heterocycles. The summed E-state index contributed by atoms with van der Waals surface area (Å²) in [4.78, 5) is 8.07. The van der Waals surface area contributed by atoms with Crippen molar-refractivity contribution in [3.05, 3.63) is 24.3 Å². The van der Waals surface area contributed by atoms with Crippen molar-refractivity contribution in [2.24, 2.45) is 11.7 Å². The van der Waals surface area contributed by atoms with Crippen molar-refractivity contribution in [1.29, 1.82) is 0 Å². The molecule has 0 aliphatic heterocycles. The summed E-state index contributed by atoms with van der Waals surface area (Å²) in [7, 11) is 0. The Labute approximate surface area is 78.4 Å². The summed E-state index contributed by atoms with van der Waals surface area (Å²) in [6, 6.07) is 2.04. The van der Waals surface area contributed by atoms with Gasteiger partial charge in [0.25, 0.3) is 0 Å². The van der Waals surface area contributed by atoms with Crippen molar-refractivity contribution in [3.63, 3.8) is 0 Å². The molecule has 1 aromatic heterocycles. The first-order valence-electron chi connectivity index (χ1n) is 4.89. The van der Waals surface area contributed by atoms with Gasteiger partial charge in [-0.25, -0.2) is 9.97 Å². The maximum Gasteiger partial charge on any atom is 0.115 e. The average Bonchev–Trinajstić information content (AvgIpc) is 2.71. The molecule has 1 saturated carbocycles. The lowest BCUT2D eigenvalue weighted by atomic mass is 9.96. The van der Waals surface area contributed by atoms with Crippen LogP contribution in [0.15, 0.2) is 18.6 Å². The first kappa shape index (κ1) is 8.63. The lowest BCUT2D eigenvalue weighted by Gasteiger charge is -2.17. The molecule has 1 aliphatic carbocycles. The Bertz CT molecular complexity index is 254. The average molecular weight is 177 g/mol. The van der Waals surface area contributed by atoms with E-state index in [9.17, 15) is 0 Å². The van der Waals surface area contributed by atoms with Gasteiger partial charge >= 0.3 is 0 Å². The van der Waals surface area contributed by atoms with Crippen molar-refractivity contribution in [2.45, 2.75) is 31.7 Å². The highest BCUT2D eigenvalue weighted by atomic mass is 14.9. The molecule has 70 valence electrons. The number of rotatable bonds is 2. The molecule has 2 N–H and O–H groups in total. The Balaban J connectivity index is 2.08. The molecule has 1 aliphatic rings. The summed E-state index contributed by atoms with van der Waals surface area (Å²) in [6.07, 6.45) is 8.49. The number of nitrogens with two attached hydrogens (primary N) is 1. The van der Waals surface area contributed by atoms with Crippen molar-refractivity contribution in [2.75, 3.05) is 0 Å². The van der Waals surface area contributed by atoms with Crippen molar-refractivity contribution >= 4 is 0 Å². The predicted octanol–water partition coefficient (Wildman–Crippen LogP) is 1.67. The molecule has 0 amide bonds. The van der Waals surface area contributed by atoms with Crippen LogP contribution in [0.3, 0.4) is 0 Å². The van der Waals surface area contributed by atoms with Gasteiger partial charge in [-0.1, -0.05) is 12.8 Å². The van der Waals surface area contributed by atoms with Gasteiger partial charge in [-0.3, -0.25) is 0 Å². The van der Waals surface area contributed by atoms with Crippen LogP contribution in [0, 0.1) is 5.92 Å². The van der Waals surface area contributed by atoms with Gasteiger partial charge in [0.2, 0.25) is 0 Å². The van der Waals surface area contributed by atoms with Crippen LogP contribution in [-0.4, -0.2) is 9.97 Å². The van der Waals surface area contributed by atoms with Gasteiger partial charge in [-0.2, -0.15) is 0 Å². The highest BCUT2D eigenvalue weighted by molar-refractivity contribution is 5.05. The molecule has 0 saturated heterocycles. The smallest absolute Gasteiger partial charge is 0.115 e. The lowest BCUT2D eigenvalue weighted by Crippen LogP contribution is -2.20. The van der Waals surface area contributed by atoms with Gasteiger partial charge in [0.1, 0.15) is 6.33 Å². The van der Waals surface area contributed by atoms with Crippen LogP contribution in [0.1, 0.15) is 37.4 Å².